The Kier molecular flexibility index (Phi) is 4.50. The highest BCUT2D eigenvalue weighted by molar-refractivity contribution is 6.00. The van der Waals surface area contributed by atoms with E-state index in [1.807, 2.05) is 48.5 Å². The Morgan fingerprint density at radius 2 is 1.83 bits per heavy atom. The molecule has 2 atom stereocenters. The summed E-state index contributed by atoms with van der Waals surface area (Å²) in [5.74, 6) is 2.38. The van der Waals surface area contributed by atoms with Crippen LogP contribution in [-0.2, 0) is 4.79 Å². The van der Waals surface area contributed by atoms with Crippen molar-refractivity contribution in [3.8, 4) is 11.5 Å². The second-order valence-corrected chi connectivity index (χ2v) is 7.49. The zero-order chi connectivity index (χ0) is 20.7. The highest BCUT2D eigenvalue weighted by Crippen LogP contribution is 2.45. The molecule has 30 heavy (non-hydrogen) atoms. The fourth-order valence-corrected chi connectivity index (χ4v) is 4.44. The molecule has 2 heterocycles. The van der Waals surface area contributed by atoms with Gasteiger partial charge in [0, 0.05) is 23.3 Å². The number of Topliss-reactive ketones (excluding diaryl/α,β-unsaturated/α-hetero) is 1. The van der Waals surface area contributed by atoms with E-state index in [1.165, 1.54) is 6.33 Å². The van der Waals surface area contributed by atoms with Gasteiger partial charge >= 0.3 is 0 Å². The Bertz CT molecular complexity index is 1130. The Morgan fingerprint density at radius 3 is 2.60 bits per heavy atom. The van der Waals surface area contributed by atoms with Gasteiger partial charge in [0.2, 0.25) is 5.95 Å². The van der Waals surface area contributed by atoms with Crippen molar-refractivity contribution < 1.29 is 14.3 Å². The van der Waals surface area contributed by atoms with Gasteiger partial charge in [0.05, 0.1) is 14.2 Å². The van der Waals surface area contributed by atoms with E-state index in [1.54, 1.807) is 18.9 Å². The molecule has 2 aromatic carbocycles. The molecule has 1 N–H and O–H groups in total. The van der Waals surface area contributed by atoms with Gasteiger partial charge in [0.15, 0.2) is 5.78 Å². The number of ether oxygens (including phenoxy) is 2. The lowest BCUT2D eigenvalue weighted by molar-refractivity contribution is -0.116. The SMILES string of the molecule is COc1ccc([C@H]2CC(=O)C3=C(C2)Nc2ncnn2[C@@H]3c2ccccc2OC)cc1. The number of anilines is 1. The lowest BCUT2D eigenvalue weighted by Gasteiger charge is -2.35. The fraction of sp³-hybridized carbons (Fsp3) is 0.261. The Morgan fingerprint density at radius 1 is 1.03 bits per heavy atom. The molecule has 152 valence electrons. The third kappa shape index (κ3) is 2.94. The number of methoxy groups -OCH3 is 2. The molecule has 0 bridgehead atoms. The largest absolute Gasteiger partial charge is 0.497 e. The van der Waals surface area contributed by atoms with Crippen LogP contribution in [0.15, 0.2) is 66.1 Å². The predicted octanol–water partition coefficient (Wildman–Crippen LogP) is 3.71. The van der Waals surface area contributed by atoms with Crippen LogP contribution in [0.2, 0.25) is 0 Å². The average molecular weight is 402 g/mol. The number of carbonyl (C=O) groups excluding carboxylic acids is 1. The normalized spacial score (nSPS) is 20.3. The van der Waals surface area contributed by atoms with Gasteiger partial charge in [0.1, 0.15) is 23.9 Å². The number of fused-ring (bicyclic) bond motifs is 1. The number of allylic oxidation sites excluding steroid dienone is 2. The Balaban J connectivity index is 1.58. The molecule has 1 aliphatic heterocycles. The Labute approximate surface area is 174 Å². The van der Waals surface area contributed by atoms with Gasteiger partial charge < -0.3 is 14.8 Å². The second kappa shape index (κ2) is 7.33. The molecule has 5 rings (SSSR count). The Hall–Kier alpha value is -3.61. The molecule has 0 saturated heterocycles. The molecule has 7 nitrogen and oxygen atoms in total. The van der Waals surface area contributed by atoms with Crippen molar-refractivity contribution >= 4 is 11.7 Å². The summed E-state index contributed by atoms with van der Waals surface area (Å²) in [6.45, 7) is 0. The summed E-state index contributed by atoms with van der Waals surface area (Å²) in [6.07, 6.45) is 2.68. The van der Waals surface area contributed by atoms with Crippen LogP contribution in [0.3, 0.4) is 0 Å². The minimum Gasteiger partial charge on any atom is -0.497 e. The molecule has 3 aromatic rings. The van der Waals surface area contributed by atoms with Gasteiger partial charge in [-0.15, -0.1) is 0 Å². The molecule has 2 aliphatic rings. The number of hydrogen-bond donors (Lipinski definition) is 1. The molecule has 0 radical (unpaired) electrons. The zero-order valence-corrected chi connectivity index (χ0v) is 16.8. The highest BCUT2D eigenvalue weighted by Gasteiger charge is 2.40. The van der Waals surface area contributed by atoms with E-state index in [2.05, 4.69) is 15.4 Å². The summed E-state index contributed by atoms with van der Waals surface area (Å²) in [4.78, 5) is 17.8. The summed E-state index contributed by atoms with van der Waals surface area (Å²) >= 11 is 0. The highest BCUT2D eigenvalue weighted by atomic mass is 16.5. The van der Waals surface area contributed by atoms with E-state index in [0.29, 0.717) is 12.4 Å². The second-order valence-electron chi connectivity index (χ2n) is 7.49. The van der Waals surface area contributed by atoms with E-state index in [9.17, 15) is 4.79 Å². The zero-order valence-electron chi connectivity index (χ0n) is 16.8. The summed E-state index contributed by atoms with van der Waals surface area (Å²) in [5.41, 5.74) is 3.67. The number of benzene rings is 2. The van der Waals surface area contributed by atoms with Gasteiger partial charge in [-0.3, -0.25) is 4.79 Å². The van der Waals surface area contributed by atoms with Gasteiger partial charge in [-0.1, -0.05) is 30.3 Å². The molecule has 1 aliphatic carbocycles. The van der Waals surface area contributed by atoms with Crippen LogP contribution in [0, 0.1) is 0 Å². The van der Waals surface area contributed by atoms with Crippen LogP contribution in [0.5, 0.6) is 11.5 Å². The third-order valence-electron chi connectivity index (χ3n) is 5.88. The maximum Gasteiger partial charge on any atom is 0.226 e. The smallest absolute Gasteiger partial charge is 0.226 e. The third-order valence-corrected chi connectivity index (χ3v) is 5.88. The van der Waals surface area contributed by atoms with Crippen LogP contribution >= 0.6 is 0 Å². The van der Waals surface area contributed by atoms with Crippen molar-refractivity contribution in [2.75, 3.05) is 19.5 Å². The van der Waals surface area contributed by atoms with E-state index in [4.69, 9.17) is 9.47 Å². The molecule has 0 saturated carbocycles. The summed E-state index contributed by atoms with van der Waals surface area (Å²) in [7, 11) is 3.29. The molecule has 0 spiro atoms. The van der Waals surface area contributed by atoms with Crippen LogP contribution in [0.4, 0.5) is 5.95 Å². The van der Waals surface area contributed by atoms with E-state index < -0.39 is 0 Å². The minimum absolute atomic E-state index is 0.0995. The number of rotatable bonds is 4. The predicted molar refractivity (Wildman–Crippen MR) is 112 cm³/mol. The standard InChI is InChI=1S/C23H22N4O3/c1-29-16-9-7-14(8-10-16)15-11-18-21(19(28)12-15)22(27-23(26-18)24-13-25-27)17-5-3-4-6-20(17)30-2/h3-10,13,15,22H,11-12H2,1-2H3,(H,24,25,26)/t15-,22-/m1/s1. The molecule has 7 heteroatoms. The number of nitrogens with zero attached hydrogens (tertiary/aromatic N) is 3. The van der Waals surface area contributed by atoms with E-state index in [-0.39, 0.29) is 17.7 Å². The molecule has 1 aromatic heterocycles. The first kappa shape index (κ1) is 18.4. The first-order chi connectivity index (χ1) is 14.7. The number of aromatic nitrogens is 3. The van der Waals surface area contributed by atoms with Gasteiger partial charge in [-0.05, 0) is 36.1 Å². The molecule has 0 unspecified atom stereocenters. The van der Waals surface area contributed by atoms with E-state index >= 15 is 0 Å². The van der Waals surface area contributed by atoms with Crippen LogP contribution in [-0.4, -0.2) is 34.8 Å². The molecular weight excluding hydrogens is 380 g/mol. The monoisotopic (exact) mass is 402 g/mol. The van der Waals surface area contributed by atoms with Crippen molar-refractivity contribution in [3.63, 3.8) is 0 Å². The quantitative estimate of drug-likeness (QED) is 0.717. The van der Waals surface area contributed by atoms with Crippen LogP contribution in [0.1, 0.15) is 35.9 Å². The van der Waals surface area contributed by atoms with Gasteiger partial charge in [-0.25, -0.2) is 4.68 Å². The number of ketones is 1. The number of para-hydroxylation sites is 1. The minimum atomic E-state index is -0.362. The molecule has 0 amide bonds. The van der Waals surface area contributed by atoms with Gasteiger partial charge in [0.25, 0.3) is 0 Å². The fourth-order valence-electron chi connectivity index (χ4n) is 4.44. The maximum atomic E-state index is 13.4. The summed E-state index contributed by atoms with van der Waals surface area (Å²) < 4.78 is 12.6. The van der Waals surface area contributed by atoms with Crippen molar-refractivity contribution in [1.82, 2.24) is 14.8 Å². The van der Waals surface area contributed by atoms with Crippen LogP contribution in [0.25, 0.3) is 0 Å². The van der Waals surface area contributed by atoms with Gasteiger partial charge in [-0.2, -0.15) is 10.1 Å². The summed E-state index contributed by atoms with van der Waals surface area (Å²) in [5, 5.41) is 7.75. The lowest BCUT2D eigenvalue weighted by atomic mass is 9.78. The van der Waals surface area contributed by atoms with Crippen molar-refractivity contribution in [2.24, 2.45) is 0 Å². The molecule has 0 fully saturated rings. The lowest BCUT2D eigenvalue weighted by Crippen LogP contribution is -2.33. The number of nitrogens with one attached hydrogen (secondary N) is 1. The number of hydrogen-bond acceptors (Lipinski definition) is 6. The summed E-state index contributed by atoms with van der Waals surface area (Å²) in [6, 6.07) is 15.3. The maximum absolute atomic E-state index is 13.4. The topological polar surface area (TPSA) is 78.3 Å². The molecular formula is C23H22N4O3. The van der Waals surface area contributed by atoms with Crippen LogP contribution < -0.4 is 14.8 Å². The van der Waals surface area contributed by atoms with E-state index in [0.717, 1.165) is 40.3 Å². The first-order valence-corrected chi connectivity index (χ1v) is 9.89. The average Bonchev–Trinajstić information content (AvgIpc) is 3.25. The number of carbonyl (C=O) groups is 1. The van der Waals surface area contributed by atoms with Crippen molar-refractivity contribution in [1.29, 1.82) is 0 Å². The first-order valence-electron chi connectivity index (χ1n) is 9.89. The van der Waals surface area contributed by atoms with Crippen molar-refractivity contribution in [2.45, 2.75) is 24.8 Å². The van der Waals surface area contributed by atoms with Crippen molar-refractivity contribution in [3.05, 3.63) is 77.3 Å².